The van der Waals surface area contributed by atoms with Gasteiger partial charge >= 0.3 is 0 Å². The Kier molecular flexibility index (Phi) is 5.38. The van der Waals surface area contributed by atoms with Crippen molar-refractivity contribution in [1.29, 1.82) is 0 Å². The molecular formula is C19H19BrN2O3. The lowest BCUT2D eigenvalue weighted by atomic mass is 10.1. The van der Waals surface area contributed by atoms with Crippen LogP contribution in [0, 0.1) is 5.92 Å². The number of rotatable bonds is 5. The third-order valence-corrected chi connectivity index (χ3v) is 4.81. The van der Waals surface area contributed by atoms with Gasteiger partial charge in [0.15, 0.2) is 0 Å². The molecule has 0 spiro atoms. The molecule has 130 valence electrons. The van der Waals surface area contributed by atoms with Crippen molar-refractivity contribution in [2.24, 2.45) is 5.92 Å². The first-order valence-corrected chi connectivity index (χ1v) is 8.83. The number of ether oxygens (including phenoxy) is 1. The molecule has 2 amide bonds. The van der Waals surface area contributed by atoms with E-state index in [0.717, 1.165) is 21.5 Å². The van der Waals surface area contributed by atoms with E-state index in [1.165, 1.54) is 0 Å². The fraction of sp³-hybridized carbons (Fsp3) is 0.263. The van der Waals surface area contributed by atoms with Gasteiger partial charge in [0.25, 0.3) is 0 Å². The van der Waals surface area contributed by atoms with E-state index in [1.54, 1.807) is 12.0 Å². The average Bonchev–Trinajstić information content (AvgIpc) is 3.02. The van der Waals surface area contributed by atoms with Gasteiger partial charge in [-0.1, -0.05) is 34.1 Å². The number of para-hydroxylation sites is 1. The average molecular weight is 403 g/mol. The summed E-state index contributed by atoms with van der Waals surface area (Å²) < 4.78 is 6.24. The fourth-order valence-corrected chi connectivity index (χ4v) is 3.19. The maximum Gasteiger partial charge on any atom is 0.227 e. The maximum absolute atomic E-state index is 12.5. The molecule has 0 aliphatic carbocycles. The molecule has 0 saturated carbocycles. The van der Waals surface area contributed by atoms with E-state index >= 15 is 0 Å². The fourth-order valence-electron chi connectivity index (χ4n) is 2.93. The van der Waals surface area contributed by atoms with Crippen molar-refractivity contribution in [3.63, 3.8) is 0 Å². The van der Waals surface area contributed by atoms with Crippen LogP contribution in [0.15, 0.2) is 53.0 Å². The molecule has 1 heterocycles. The number of amides is 2. The summed E-state index contributed by atoms with van der Waals surface area (Å²) in [5.74, 6) is 0.256. The number of methoxy groups -OCH3 is 1. The van der Waals surface area contributed by atoms with Crippen molar-refractivity contribution in [3.8, 4) is 5.75 Å². The van der Waals surface area contributed by atoms with E-state index in [9.17, 15) is 9.59 Å². The van der Waals surface area contributed by atoms with Gasteiger partial charge in [0, 0.05) is 35.2 Å². The number of nitrogens with zero attached hydrogens (tertiary/aromatic N) is 1. The Bertz CT molecular complexity index is 776. The molecule has 0 bridgehead atoms. The number of carbonyl (C=O) groups is 2. The molecule has 3 rings (SSSR count). The summed E-state index contributed by atoms with van der Waals surface area (Å²) in [4.78, 5) is 26.4. The van der Waals surface area contributed by atoms with Gasteiger partial charge in [0.05, 0.1) is 13.0 Å². The first-order chi connectivity index (χ1) is 12.1. The van der Waals surface area contributed by atoms with Crippen molar-refractivity contribution < 1.29 is 14.3 Å². The number of benzene rings is 2. The zero-order valence-corrected chi connectivity index (χ0v) is 15.5. The lowest BCUT2D eigenvalue weighted by molar-refractivity contribution is -0.126. The van der Waals surface area contributed by atoms with Crippen LogP contribution in [0.2, 0.25) is 0 Å². The molecule has 2 aromatic rings. The molecule has 1 N–H and O–H groups in total. The summed E-state index contributed by atoms with van der Waals surface area (Å²) in [5.41, 5.74) is 1.72. The summed E-state index contributed by atoms with van der Waals surface area (Å²) in [6.07, 6.45) is 0.230. The molecule has 0 radical (unpaired) electrons. The molecule has 25 heavy (non-hydrogen) atoms. The Morgan fingerprint density at radius 2 is 1.96 bits per heavy atom. The Morgan fingerprint density at radius 1 is 1.24 bits per heavy atom. The van der Waals surface area contributed by atoms with Crippen LogP contribution in [0.25, 0.3) is 0 Å². The van der Waals surface area contributed by atoms with E-state index in [0.29, 0.717) is 13.1 Å². The Balaban J connectivity index is 1.62. The Morgan fingerprint density at radius 3 is 2.68 bits per heavy atom. The predicted octanol–water partition coefficient (Wildman–Crippen LogP) is 3.13. The standard InChI is InChI=1S/C19H19BrN2O3/c1-25-17-5-3-2-4-13(17)11-21-19(24)14-10-18(23)22(12-14)16-8-6-15(20)7-9-16/h2-9,14H,10-12H2,1H3,(H,21,24). The summed E-state index contributed by atoms with van der Waals surface area (Å²) >= 11 is 3.38. The smallest absolute Gasteiger partial charge is 0.227 e. The van der Waals surface area contributed by atoms with E-state index in [4.69, 9.17) is 4.74 Å². The van der Waals surface area contributed by atoms with Gasteiger partial charge in [-0.2, -0.15) is 0 Å². The van der Waals surface area contributed by atoms with Gasteiger partial charge in [-0.25, -0.2) is 0 Å². The van der Waals surface area contributed by atoms with E-state index in [-0.39, 0.29) is 24.2 Å². The van der Waals surface area contributed by atoms with Crippen LogP contribution in [0.4, 0.5) is 5.69 Å². The highest BCUT2D eigenvalue weighted by Crippen LogP contribution is 2.26. The predicted molar refractivity (Wildman–Crippen MR) is 99.4 cm³/mol. The molecule has 1 atom stereocenters. The molecule has 0 aromatic heterocycles. The minimum Gasteiger partial charge on any atom is -0.496 e. The summed E-state index contributed by atoms with van der Waals surface area (Å²) in [5, 5.41) is 2.91. The van der Waals surface area contributed by atoms with Crippen molar-refractivity contribution in [1.82, 2.24) is 5.32 Å². The molecule has 1 fully saturated rings. The minimum absolute atomic E-state index is 0.0280. The number of anilines is 1. The Labute approximate surface area is 155 Å². The SMILES string of the molecule is COc1ccccc1CNC(=O)C1CC(=O)N(c2ccc(Br)cc2)C1. The number of halogens is 1. The zero-order valence-electron chi connectivity index (χ0n) is 13.9. The van der Waals surface area contributed by atoms with Gasteiger partial charge in [-0.15, -0.1) is 0 Å². The van der Waals surface area contributed by atoms with Gasteiger partial charge in [-0.3, -0.25) is 9.59 Å². The van der Waals surface area contributed by atoms with Crippen molar-refractivity contribution in [2.75, 3.05) is 18.6 Å². The third-order valence-electron chi connectivity index (χ3n) is 4.28. The van der Waals surface area contributed by atoms with Crippen molar-refractivity contribution in [2.45, 2.75) is 13.0 Å². The molecule has 1 saturated heterocycles. The van der Waals surface area contributed by atoms with E-state index < -0.39 is 0 Å². The van der Waals surface area contributed by atoms with Gasteiger partial charge in [0.2, 0.25) is 11.8 Å². The molecule has 6 heteroatoms. The number of nitrogens with one attached hydrogen (secondary N) is 1. The summed E-state index contributed by atoms with van der Waals surface area (Å²) in [6.45, 7) is 0.782. The maximum atomic E-state index is 12.5. The van der Waals surface area contributed by atoms with Gasteiger partial charge in [-0.05, 0) is 30.3 Å². The van der Waals surface area contributed by atoms with Crippen LogP contribution in [-0.4, -0.2) is 25.5 Å². The van der Waals surface area contributed by atoms with Gasteiger partial charge < -0.3 is 15.0 Å². The lowest BCUT2D eigenvalue weighted by Gasteiger charge is -2.17. The van der Waals surface area contributed by atoms with E-state index in [2.05, 4.69) is 21.2 Å². The van der Waals surface area contributed by atoms with E-state index in [1.807, 2.05) is 48.5 Å². The van der Waals surface area contributed by atoms with Crippen LogP contribution in [0.1, 0.15) is 12.0 Å². The molecule has 1 aliphatic heterocycles. The topological polar surface area (TPSA) is 58.6 Å². The summed E-state index contributed by atoms with van der Waals surface area (Å²) in [6, 6.07) is 15.1. The van der Waals surface area contributed by atoms with Crippen molar-refractivity contribution in [3.05, 3.63) is 58.6 Å². The molecular weight excluding hydrogens is 384 g/mol. The summed E-state index contributed by atoms with van der Waals surface area (Å²) in [7, 11) is 1.60. The lowest BCUT2D eigenvalue weighted by Crippen LogP contribution is -2.32. The highest BCUT2D eigenvalue weighted by molar-refractivity contribution is 9.10. The second-order valence-electron chi connectivity index (χ2n) is 5.91. The quantitative estimate of drug-likeness (QED) is 0.835. The van der Waals surface area contributed by atoms with Gasteiger partial charge in [0.1, 0.15) is 5.75 Å². The monoisotopic (exact) mass is 402 g/mol. The minimum atomic E-state index is -0.342. The van der Waals surface area contributed by atoms with Crippen LogP contribution in [0.5, 0.6) is 5.75 Å². The largest absolute Gasteiger partial charge is 0.496 e. The number of hydrogen-bond acceptors (Lipinski definition) is 3. The molecule has 1 unspecified atom stereocenters. The van der Waals surface area contributed by atoms with Crippen molar-refractivity contribution >= 4 is 33.4 Å². The second kappa shape index (κ2) is 7.70. The zero-order chi connectivity index (χ0) is 17.8. The third kappa shape index (κ3) is 4.02. The second-order valence-corrected chi connectivity index (χ2v) is 6.83. The number of hydrogen-bond donors (Lipinski definition) is 1. The first kappa shape index (κ1) is 17.5. The Hall–Kier alpha value is -2.34. The first-order valence-electron chi connectivity index (χ1n) is 8.04. The van der Waals surface area contributed by atoms with Crippen LogP contribution >= 0.6 is 15.9 Å². The van der Waals surface area contributed by atoms with Crippen LogP contribution in [0.3, 0.4) is 0 Å². The number of carbonyl (C=O) groups excluding carboxylic acids is 2. The highest BCUT2D eigenvalue weighted by Gasteiger charge is 2.35. The van der Waals surface area contributed by atoms with Crippen LogP contribution < -0.4 is 15.0 Å². The molecule has 2 aromatic carbocycles. The molecule has 1 aliphatic rings. The van der Waals surface area contributed by atoms with Crippen LogP contribution in [-0.2, 0) is 16.1 Å². The highest BCUT2D eigenvalue weighted by atomic mass is 79.9. The molecule has 5 nitrogen and oxygen atoms in total. The normalized spacial score (nSPS) is 16.8.